The van der Waals surface area contributed by atoms with Crippen LogP contribution in [0.15, 0.2) is 30.5 Å². The van der Waals surface area contributed by atoms with Crippen molar-refractivity contribution in [1.29, 1.82) is 5.26 Å². The highest BCUT2D eigenvalue weighted by atomic mass is 15.1. The molecule has 0 bridgehead atoms. The summed E-state index contributed by atoms with van der Waals surface area (Å²) in [4.78, 5) is 6.58. The van der Waals surface area contributed by atoms with Gasteiger partial charge < -0.3 is 4.90 Å². The van der Waals surface area contributed by atoms with Crippen LogP contribution in [-0.4, -0.2) is 18.1 Å². The summed E-state index contributed by atoms with van der Waals surface area (Å²) in [5.74, 6) is 0. The van der Waals surface area contributed by atoms with Gasteiger partial charge >= 0.3 is 0 Å². The van der Waals surface area contributed by atoms with Gasteiger partial charge in [-0.1, -0.05) is 32.0 Å². The van der Waals surface area contributed by atoms with Crippen molar-refractivity contribution in [1.82, 2.24) is 4.98 Å². The Morgan fingerprint density at radius 3 is 2.58 bits per heavy atom. The molecule has 0 spiro atoms. The van der Waals surface area contributed by atoms with Crippen LogP contribution in [0.5, 0.6) is 0 Å². The number of hydrogen-bond donors (Lipinski definition) is 0. The summed E-state index contributed by atoms with van der Waals surface area (Å²) in [5, 5.41) is 10.4. The number of rotatable bonds is 4. The molecule has 98 valence electrons. The van der Waals surface area contributed by atoms with Gasteiger partial charge in [0.2, 0.25) is 0 Å². The number of benzene rings is 1. The summed E-state index contributed by atoms with van der Waals surface area (Å²) in [6, 6.07) is 10.7. The van der Waals surface area contributed by atoms with E-state index in [0.717, 1.165) is 29.4 Å². The van der Waals surface area contributed by atoms with Gasteiger partial charge in [0, 0.05) is 24.7 Å². The fourth-order valence-corrected chi connectivity index (χ4v) is 2.61. The van der Waals surface area contributed by atoms with E-state index in [9.17, 15) is 5.26 Å². The van der Waals surface area contributed by atoms with Crippen molar-refractivity contribution in [2.75, 3.05) is 11.9 Å². The van der Waals surface area contributed by atoms with Gasteiger partial charge in [-0.2, -0.15) is 5.26 Å². The number of fused-ring (bicyclic) bond motifs is 1. The minimum absolute atomic E-state index is 0.443. The monoisotopic (exact) mass is 253 g/mol. The smallest absolute Gasteiger partial charge is 0.103 e. The quantitative estimate of drug-likeness (QED) is 0.833. The molecular formula is C16H19N3. The van der Waals surface area contributed by atoms with E-state index in [1.54, 1.807) is 6.20 Å². The molecule has 0 atom stereocenters. The second-order valence-corrected chi connectivity index (χ2v) is 4.73. The number of nitriles is 1. The van der Waals surface area contributed by atoms with Crippen molar-refractivity contribution in [2.24, 2.45) is 0 Å². The third kappa shape index (κ3) is 2.39. The molecule has 19 heavy (non-hydrogen) atoms. The Bertz CT molecular complexity index is 609. The Kier molecular flexibility index (Phi) is 4.01. The zero-order chi connectivity index (χ0) is 13.8. The van der Waals surface area contributed by atoms with Gasteiger partial charge in [-0.05, 0) is 18.9 Å². The van der Waals surface area contributed by atoms with Gasteiger partial charge in [0.15, 0.2) is 0 Å². The molecule has 0 saturated carbocycles. The summed E-state index contributed by atoms with van der Waals surface area (Å²) in [6.07, 6.45) is 3.81. The van der Waals surface area contributed by atoms with Crippen LogP contribution in [0.2, 0.25) is 0 Å². The highest BCUT2D eigenvalue weighted by Gasteiger charge is 2.17. The molecule has 3 heteroatoms. The van der Waals surface area contributed by atoms with Crippen molar-refractivity contribution < 1.29 is 0 Å². The molecule has 0 aliphatic carbocycles. The number of nitrogens with zero attached hydrogens (tertiary/aromatic N) is 3. The van der Waals surface area contributed by atoms with Crippen LogP contribution in [0, 0.1) is 11.3 Å². The summed E-state index contributed by atoms with van der Waals surface area (Å²) < 4.78 is 0. The first-order valence-corrected chi connectivity index (χ1v) is 6.73. The number of anilines is 1. The van der Waals surface area contributed by atoms with E-state index in [1.807, 2.05) is 24.3 Å². The maximum Gasteiger partial charge on any atom is 0.103 e. The van der Waals surface area contributed by atoms with Crippen molar-refractivity contribution in [2.45, 2.75) is 32.7 Å². The zero-order valence-corrected chi connectivity index (χ0v) is 11.7. The first-order valence-electron chi connectivity index (χ1n) is 6.73. The highest BCUT2D eigenvalue weighted by Crippen LogP contribution is 2.30. The maximum absolute atomic E-state index is 9.34. The highest BCUT2D eigenvalue weighted by molar-refractivity contribution is 5.94. The van der Waals surface area contributed by atoms with E-state index < -0.39 is 0 Å². The fourth-order valence-electron chi connectivity index (χ4n) is 2.61. The Labute approximate surface area is 114 Å². The predicted octanol–water partition coefficient (Wildman–Crippen LogP) is 3.73. The predicted molar refractivity (Wildman–Crippen MR) is 79.2 cm³/mol. The van der Waals surface area contributed by atoms with E-state index in [-0.39, 0.29) is 0 Å². The standard InChI is InChI=1S/C16H19N3/c1-4-13(5-2)19(3)16-12(10-17)11-18-15-9-7-6-8-14(15)16/h6-9,11,13H,4-5H2,1-3H3. The molecule has 0 aliphatic rings. The minimum Gasteiger partial charge on any atom is -0.370 e. The molecule has 0 unspecified atom stereocenters. The van der Waals surface area contributed by atoms with Crippen LogP contribution in [0.1, 0.15) is 32.3 Å². The zero-order valence-electron chi connectivity index (χ0n) is 11.7. The largest absolute Gasteiger partial charge is 0.370 e. The molecule has 0 amide bonds. The van der Waals surface area contributed by atoms with Gasteiger partial charge in [0.25, 0.3) is 0 Å². The summed E-state index contributed by atoms with van der Waals surface area (Å²) in [7, 11) is 2.07. The first-order chi connectivity index (χ1) is 9.22. The molecule has 2 rings (SSSR count). The third-order valence-electron chi connectivity index (χ3n) is 3.71. The number of aromatic nitrogens is 1. The molecule has 0 radical (unpaired) electrons. The van der Waals surface area contributed by atoms with E-state index in [0.29, 0.717) is 11.6 Å². The van der Waals surface area contributed by atoms with Gasteiger partial charge in [-0.3, -0.25) is 4.98 Å². The Morgan fingerprint density at radius 1 is 1.26 bits per heavy atom. The second-order valence-electron chi connectivity index (χ2n) is 4.73. The number of pyridine rings is 1. The van der Waals surface area contributed by atoms with E-state index >= 15 is 0 Å². The van der Waals surface area contributed by atoms with Crippen LogP contribution in [-0.2, 0) is 0 Å². The van der Waals surface area contributed by atoms with Crippen molar-refractivity contribution in [3.8, 4) is 6.07 Å². The molecule has 0 N–H and O–H groups in total. The molecule has 1 heterocycles. The molecule has 2 aromatic rings. The molecule has 3 nitrogen and oxygen atoms in total. The fraction of sp³-hybridized carbons (Fsp3) is 0.375. The van der Waals surface area contributed by atoms with Crippen molar-refractivity contribution >= 4 is 16.6 Å². The third-order valence-corrected chi connectivity index (χ3v) is 3.71. The van der Waals surface area contributed by atoms with Crippen LogP contribution in [0.3, 0.4) is 0 Å². The average molecular weight is 253 g/mol. The number of hydrogen-bond acceptors (Lipinski definition) is 3. The Morgan fingerprint density at radius 2 is 1.95 bits per heavy atom. The molecule has 0 fully saturated rings. The van der Waals surface area contributed by atoms with Crippen molar-refractivity contribution in [3.05, 3.63) is 36.0 Å². The van der Waals surface area contributed by atoms with Gasteiger partial charge in [-0.15, -0.1) is 0 Å². The normalized spacial score (nSPS) is 10.7. The van der Waals surface area contributed by atoms with Gasteiger partial charge in [0.05, 0.1) is 16.8 Å². The Hall–Kier alpha value is -2.08. The molecule has 0 aliphatic heterocycles. The molecule has 1 aromatic heterocycles. The lowest BCUT2D eigenvalue weighted by Gasteiger charge is -2.30. The van der Waals surface area contributed by atoms with E-state index in [4.69, 9.17) is 0 Å². The van der Waals surface area contributed by atoms with Crippen LogP contribution in [0.4, 0.5) is 5.69 Å². The topological polar surface area (TPSA) is 39.9 Å². The van der Waals surface area contributed by atoms with E-state index in [2.05, 4.69) is 36.8 Å². The van der Waals surface area contributed by atoms with Crippen LogP contribution < -0.4 is 4.90 Å². The molecule has 1 aromatic carbocycles. The van der Waals surface area contributed by atoms with E-state index in [1.165, 1.54) is 0 Å². The average Bonchev–Trinajstić information content (AvgIpc) is 2.47. The summed E-state index contributed by atoms with van der Waals surface area (Å²) >= 11 is 0. The second kappa shape index (κ2) is 5.71. The van der Waals surface area contributed by atoms with Gasteiger partial charge in [-0.25, -0.2) is 0 Å². The lowest BCUT2D eigenvalue weighted by Crippen LogP contribution is -2.31. The summed E-state index contributed by atoms with van der Waals surface area (Å²) in [5.41, 5.74) is 2.59. The number of para-hydroxylation sites is 1. The lowest BCUT2D eigenvalue weighted by molar-refractivity contribution is 0.592. The SMILES string of the molecule is CCC(CC)N(C)c1c(C#N)cnc2ccccc12. The molecule has 0 saturated heterocycles. The van der Waals surface area contributed by atoms with Crippen LogP contribution in [0.25, 0.3) is 10.9 Å². The summed E-state index contributed by atoms with van der Waals surface area (Å²) in [6.45, 7) is 4.36. The maximum atomic E-state index is 9.34. The lowest BCUT2D eigenvalue weighted by atomic mass is 10.1. The minimum atomic E-state index is 0.443. The van der Waals surface area contributed by atoms with Crippen LogP contribution >= 0.6 is 0 Å². The first kappa shape index (κ1) is 13.4. The molecular weight excluding hydrogens is 234 g/mol. The Balaban J connectivity index is 2.65. The van der Waals surface area contributed by atoms with Gasteiger partial charge in [0.1, 0.15) is 6.07 Å². The van der Waals surface area contributed by atoms with Crippen molar-refractivity contribution in [3.63, 3.8) is 0 Å².